The van der Waals surface area contributed by atoms with Gasteiger partial charge in [-0.2, -0.15) is 0 Å². The Morgan fingerprint density at radius 1 is 0.944 bits per heavy atom. The highest BCUT2D eigenvalue weighted by atomic mass is 19.2. The van der Waals surface area contributed by atoms with Gasteiger partial charge < -0.3 is 25.0 Å². The Kier molecular flexibility index (Phi) is 8.17. The van der Waals surface area contributed by atoms with Gasteiger partial charge in [0.2, 0.25) is 0 Å². The molecule has 2 N–H and O–H groups in total. The number of methoxy groups -OCH3 is 2. The van der Waals surface area contributed by atoms with Crippen LogP contribution in [0.3, 0.4) is 0 Å². The number of anilines is 3. The molecule has 2 heterocycles. The number of pyridine rings is 1. The average Bonchev–Trinajstić information content (AvgIpc) is 3.12. The van der Waals surface area contributed by atoms with Gasteiger partial charge in [-0.15, -0.1) is 0 Å². The highest BCUT2D eigenvalue weighted by molar-refractivity contribution is 5.99. The number of hydrogen-bond donors (Lipinski definition) is 2. The van der Waals surface area contributed by atoms with E-state index in [0.29, 0.717) is 48.1 Å². The number of carbonyl (C=O) groups excluding carboxylic acids is 1. The molecular weight excluding hydrogens is 468 g/mol. The largest absolute Gasteiger partial charge is 0.497 e. The second kappa shape index (κ2) is 11.7. The zero-order chi connectivity index (χ0) is 25.5. The summed E-state index contributed by atoms with van der Waals surface area (Å²) in [4.78, 5) is 21.2. The Labute approximate surface area is 208 Å². The minimum absolute atomic E-state index is 0.363. The van der Waals surface area contributed by atoms with Crippen LogP contribution in [0.2, 0.25) is 0 Å². The number of nitrogens with zero attached hydrogens (tertiary/aromatic N) is 3. The molecule has 0 unspecified atom stereocenters. The highest BCUT2D eigenvalue weighted by Gasteiger charge is 2.18. The lowest BCUT2D eigenvalue weighted by Crippen LogP contribution is -2.31. The molecule has 0 spiro atoms. The molecule has 0 radical (unpaired) electrons. The fourth-order valence-corrected chi connectivity index (χ4v) is 4.09. The summed E-state index contributed by atoms with van der Waals surface area (Å²) >= 11 is 0. The summed E-state index contributed by atoms with van der Waals surface area (Å²) in [6.45, 7) is 3.34. The fraction of sp³-hybridized carbons (Fsp3) is 0.308. The van der Waals surface area contributed by atoms with Gasteiger partial charge in [0.25, 0.3) is 0 Å². The summed E-state index contributed by atoms with van der Waals surface area (Å²) in [5.41, 5.74) is 1.44. The van der Waals surface area contributed by atoms with Crippen LogP contribution in [-0.2, 0) is 6.54 Å². The van der Waals surface area contributed by atoms with Gasteiger partial charge in [0.15, 0.2) is 11.6 Å². The monoisotopic (exact) mass is 497 g/mol. The number of rotatable bonds is 7. The van der Waals surface area contributed by atoms with Crippen molar-refractivity contribution in [3.63, 3.8) is 0 Å². The molecule has 1 aromatic heterocycles. The molecule has 1 aliphatic heterocycles. The Balaban J connectivity index is 1.32. The van der Waals surface area contributed by atoms with Crippen molar-refractivity contribution in [1.82, 2.24) is 9.88 Å². The van der Waals surface area contributed by atoms with Crippen LogP contribution in [0.4, 0.5) is 30.8 Å². The number of aromatic nitrogens is 1. The Hall–Kier alpha value is -3.92. The van der Waals surface area contributed by atoms with Crippen molar-refractivity contribution in [3.05, 3.63) is 71.9 Å². The fourth-order valence-electron chi connectivity index (χ4n) is 4.09. The first-order valence-corrected chi connectivity index (χ1v) is 11.6. The second-order valence-corrected chi connectivity index (χ2v) is 8.42. The van der Waals surface area contributed by atoms with E-state index < -0.39 is 17.7 Å². The molecule has 36 heavy (non-hydrogen) atoms. The summed E-state index contributed by atoms with van der Waals surface area (Å²) in [5.74, 6) is 0.314. The second-order valence-electron chi connectivity index (χ2n) is 8.42. The van der Waals surface area contributed by atoms with Crippen molar-refractivity contribution in [3.8, 4) is 11.5 Å². The molecule has 0 aliphatic carbocycles. The molecule has 2 aromatic carbocycles. The van der Waals surface area contributed by atoms with Crippen LogP contribution in [0, 0.1) is 11.6 Å². The molecular formula is C26H29F2N5O3. The van der Waals surface area contributed by atoms with Crippen molar-refractivity contribution in [2.75, 3.05) is 55.9 Å². The van der Waals surface area contributed by atoms with Crippen LogP contribution in [0.5, 0.6) is 11.5 Å². The topological polar surface area (TPSA) is 79.0 Å². The van der Waals surface area contributed by atoms with Gasteiger partial charge in [0.1, 0.15) is 17.3 Å². The van der Waals surface area contributed by atoms with E-state index in [-0.39, 0.29) is 0 Å². The molecule has 4 rings (SSSR count). The predicted molar refractivity (Wildman–Crippen MR) is 135 cm³/mol. The molecule has 190 valence electrons. The number of amides is 2. The first kappa shape index (κ1) is 25.2. The van der Waals surface area contributed by atoms with E-state index in [0.717, 1.165) is 31.4 Å². The van der Waals surface area contributed by atoms with Gasteiger partial charge in [0.05, 0.1) is 26.1 Å². The van der Waals surface area contributed by atoms with E-state index in [1.807, 2.05) is 6.07 Å². The van der Waals surface area contributed by atoms with Crippen LogP contribution in [0.1, 0.15) is 12.0 Å². The normalized spacial score (nSPS) is 14.2. The van der Waals surface area contributed by atoms with Crippen LogP contribution in [0.15, 0.2) is 54.7 Å². The lowest BCUT2D eigenvalue weighted by molar-refractivity contribution is 0.262. The molecule has 1 saturated heterocycles. The Morgan fingerprint density at radius 3 is 2.39 bits per heavy atom. The van der Waals surface area contributed by atoms with E-state index in [1.165, 1.54) is 20.3 Å². The smallest absolute Gasteiger partial charge is 0.323 e. The van der Waals surface area contributed by atoms with Gasteiger partial charge in [-0.25, -0.2) is 18.6 Å². The minimum atomic E-state index is -0.821. The third kappa shape index (κ3) is 6.39. The Morgan fingerprint density at radius 2 is 1.69 bits per heavy atom. The number of halogens is 2. The summed E-state index contributed by atoms with van der Waals surface area (Å²) in [6, 6.07) is 12.6. The average molecular weight is 498 g/mol. The maximum atomic E-state index is 14.1. The van der Waals surface area contributed by atoms with Crippen molar-refractivity contribution in [2.24, 2.45) is 0 Å². The van der Waals surface area contributed by atoms with Crippen LogP contribution >= 0.6 is 0 Å². The Bertz CT molecular complexity index is 1170. The van der Waals surface area contributed by atoms with Crippen molar-refractivity contribution in [1.29, 1.82) is 0 Å². The zero-order valence-corrected chi connectivity index (χ0v) is 20.3. The summed E-state index contributed by atoms with van der Waals surface area (Å²) in [6.07, 6.45) is 2.47. The van der Waals surface area contributed by atoms with Gasteiger partial charge in [0, 0.05) is 62.2 Å². The van der Waals surface area contributed by atoms with Crippen LogP contribution < -0.4 is 25.0 Å². The molecule has 0 bridgehead atoms. The molecule has 2 amide bonds. The van der Waals surface area contributed by atoms with E-state index in [2.05, 4.69) is 25.4 Å². The SMILES string of the molecule is COc1cc(NC(=O)Nc2ccc(N3CCCN(Cc4cccc(F)c4F)CC3)nc2)cc(OC)c1. The number of carbonyl (C=O) groups is 1. The van der Waals surface area contributed by atoms with Gasteiger partial charge in [-0.3, -0.25) is 4.90 Å². The van der Waals surface area contributed by atoms with Gasteiger partial charge in [-0.1, -0.05) is 12.1 Å². The quantitative estimate of drug-likeness (QED) is 0.491. The molecule has 0 saturated carbocycles. The highest BCUT2D eigenvalue weighted by Crippen LogP contribution is 2.26. The summed E-state index contributed by atoms with van der Waals surface area (Å²) < 4.78 is 38.0. The zero-order valence-electron chi connectivity index (χ0n) is 20.3. The first-order valence-electron chi connectivity index (χ1n) is 11.6. The number of benzene rings is 2. The number of ether oxygens (including phenoxy) is 2. The first-order chi connectivity index (χ1) is 17.4. The third-order valence-electron chi connectivity index (χ3n) is 5.95. The van der Waals surface area contributed by atoms with Crippen LogP contribution in [0.25, 0.3) is 0 Å². The standard InChI is InChI=1S/C26H29F2N5O3/c1-35-21-13-20(14-22(15-21)36-2)31-26(34)30-19-7-8-24(29-16-19)33-10-4-9-32(11-12-33)17-18-5-3-6-23(27)25(18)28/h3,5-8,13-16H,4,9-12,17H2,1-2H3,(H2,30,31,34). The number of urea groups is 1. The van der Waals surface area contributed by atoms with Crippen molar-refractivity contribution >= 4 is 23.2 Å². The molecule has 3 aromatic rings. The van der Waals surface area contributed by atoms with Gasteiger partial charge in [-0.05, 0) is 24.6 Å². The van der Waals surface area contributed by atoms with Gasteiger partial charge >= 0.3 is 6.03 Å². The lowest BCUT2D eigenvalue weighted by atomic mass is 10.2. The summed E-state index contributed by atoms with van der Waals surface area (Å²) in [5, 5.41) is 5.52. The van der Waals surface area contributed by atoms with Crippen molar-refractivity contribution < 1.29 is 23.0 Å². The molecule has 1 aliphatic rings. The maximum absolute atomic E-state index is 14.1. The van der Waals surface area contributed by atoms with E-state index in [1.54, 1.807) is 36.5 Å². The summed E-state index contributed by atoms with van der Waals surface area (Å²) in [7, 11) is 3.08. The van der Waals surface area contributed by atoms with Crippen LogP contribution in [-0.4, -0.2) is 56.3 Å². The number of nitrogens with one attached hydrogen (secondary N) is 2. The van der Waals surface area contributed by atoms with E-state index in [4.69, 9.17) is 9.47 Å². The predicted octanol–water partition coefficient (Wildman–Crippen LogP) is 4.73. The molecule has 10 heteroatoms. The molecule has 8 nitrogen and oxygen atoms in total. The lowest BCUT2D eigenvalue weighted by Gasteiger charge is -2.23. The number of hydrogen-bond acceptors (Lipinski definition) is 6. The third-order valence-corrected chi connectivity index (χ3v) is 5.95. The van der Waals surface area contributed by atoms with Crippen molar-refractivity contribution in [2.45, 2.75) is 13.0 Å². The molecule has 1 fully saturated rings. The minimum Gasteiger partial charge on any atom is -0.497 e. The van der Waals surface area contributed by atoms with E-state index in [9.17, 15) is 13.6 Å². The maximum Gasteiger partial charge on any atom is 0.323 e. The molecule has 0 atom stereocenters. The van der Waals surface area contributed by atoms with E-state index >= 15 is 0 Å².